The van der Waals surface area contributed by atoms with E-state index < -0.39 is 0 Å². The molecule has 0 heterocycles. The van der Waals surface area contributed by atoms with Crippen LogP contribution >= 0.6 is 11.6 Å². The molecule has 2 aromatic rings. The first-order valence-corrected chi connectivity index (χ1v) is 9.43. The summed E-state index contributed by atoms with van der Waals surface area (Å²) in [5.41, 5.74) is 1.29. The van der Waals surface area contributed by atoms with E-state index >= 15 is 0 Å². The zero-order chi connectivity index (χ0) is 19.3. The maximum Gasteiger partial charge on any atom is 0.251 e. The van der Waals surface area contributed by atoms with Crippen molar-refractivity contribution in [2.45, 2.75) is 31.1 Å². The molecule has 0 aliphatic heterocycles. The number of rotatable bonds is 6. The second kappa shape index (κ2) is 8.53. The quantitative estimate of drug-likeness (QED) is 0.790. The molecule has 27 heavy (non-hydrogen) atoms. The van der Waals surface area contributed by atoms with E-state index in [9.17, 15) is 14.0 Å². The number of halogens is 2. The topological polar surface area (TPSA) is 58.2 Å². The standard InChI is InChI=1S/C21H22ClFN2O2/c22-17-5-3-4-15(12-17)20(27)24-13-19(26)25-14-21(10-1-2-11-21)16-6-8-18(23)9-7-16/h3-9,12H,1-2,10-11,13-14H2,(H,24,27)(H,25,26). The highest BCUT2D eigenvalue weighted by Gasteiger charge is 2.35. The summed E-state index contributed by atoms with van der Waals surface area (Å²) >= 11 is 5.87. The maximum atomic E-state index is 13.2. The van der Waals surface area contributed by atoms with Crippen LogP contribution in [0.3, 0.4) is 0 Å². The molecule has 2 aromatic carbocycles. The third kappa shape index (κ3) is 4.86. The van der Waals surface area contributed by atoms with Crippen molar-refractivity contribution < 1.29 is 14.0 Å². The van der Waals surface area contributed by atoms with Crippen molar-refractivity contribution >= 4 is 23.4 Å². The molecule has 1 saturated carbocycles. The van der Waals surface area contributed by atoms with Gasteiger partial charge < -0.3 is 10.6 Å². The summed E-state index contributed by atoms with van der Waals surface area (Å²) in [7, 11) is 0. The van der Waals surface area contributed by atoms with E-state index in [0.29, 0.717) is 17.1 Å². The van der Waals surface area contributed by atoms with Crippen LogP contribution < -0.4 is 10.6 Å². The lowest BCUT2D eigenvalue weighted by molar-refractivity contribution is -0.120. The van der Waals surface area contributed by atoms with E-state index in [1.54, 1.807) is 36.4 Å². The third-order valence-corrected chi connectivity index (χ3v) is 5.37. The van der Waals surface area contributed by atoms with Gasteiger partial charge in [-0.3, -0.25) is 9.59 Å². The second-order valence-electron chi connectivity index (χ2n) is 6.96. The fourth-order valence-corrected chi connectivity index (χ4v) is 3.84. The molecule has 0 aromatic heterocycles. The normalized spacial score (nSPS) is 15.3. The average molecular weight is 389 g/mol. The van der Waals surface area contributed by atoms with Gasteiger partial charge in [-0.1, -0.05) is 42.6 Å². The monoisotopic (exact) mass is 388 g/mol. The molecule has 4 nitrogen and oxygen atoms in total. The lowest BCUT2D eigenvalue weighted by atomic mass is 9.79. The summed E-state index contributed by atoms with van der Waals surface area (Å²) in [6.45, 7) is 0.370. The van der Waals surface area contributed by atoms with Gasteiger partial charge in [-0.05, 0) is 48.7 Å². The Morgan fingerprint density at radius 1 is 1.04 bits per heavy atom. The maximum absolute atomic E-state index is 13.2. The second-order valence-corrected chi connectivity index (χ2v) is 7.40. The highest BCUT2D eigenvalue weighted by molar-refractivity contribution is 6.30. The summed E-state index contributed by atoms with van der Waals surface area (Å²) in [6, 6.07) is 13.1. The molecule has 2 N–H and O–H groups in total. The molecule has 3 rings (SSSR count). The number of carbonyl (C=O) groups is 2. The number of carbonyl (C=O) groups excluding carboxylic acids is 2. The fourth-order valence-electron chi connectivity index (χ4n) is 3.65. The molecule has 142 valence electrons. The molecule has 6 heteroatoms. The van der Waals surface area contributed by atoms with Crippen LogP contribution in [0, 0.1) is 5.82 Å². The minimum absolute atomic E-state index is 0.106. The Balaban J connectivity index is 1.55. The Kier molecular flexibility index (Phi) is 6.11. The number of hydrogen-bond donors (Lipinski definition) is 2. The SMILES string of the molecule is O=C(CNC(=O)c1cccc(Cl)c1)NCC1(c2ccc(F)cc2)CCCC1. The number of benzene rings is 2. The Hall–Kier alpha value is -2.40. The Morgan fingerprint density at radius 2 is 1.74 bits per heavy atom. The predicted molar refractivity (Wildman–Crippen MR) is 103 cm³/mol. The number of nitrogens with one attached hydrogen (secondary N) is 2. The summed E-state index contributed by atoms with van der Waals surface area (Å²) in [5, 5.41) is 5.99. The third-order valence-electron chi connectivity index (χ3n) is 5.14. The van der Waals surface area contributed by atoms with Gasteiger partial charge in [0.2, 0.25) is 5.91 Å². The smallest absolute Gasteiger partial charge is 0.251 e. The van der Waals surface area contributed by atoms with Crippen molar-refractivity contribution in [3.63, 3.8) is 0 Å². The van der Waals surface area contributed by atoms with E-state index in [0.717, 1.165) is 31.2 Å². The van der Waals surface area contributed by atoms with Crippen molar-refractivity contribution in [2.24, 2.45) is 0 Å². The van der Waals surface area contributed by atoms with Crippen LogP contribution in [0.15, 0.2) is 48.5 Å². The zero-order valence-corrected chi connectivity index (χ0v) is 15.7. The van der Waals surface area contributed by atoms with Gasteiger partial charge in [-0.15, -0.1) is 0 Å². The van der Waals surface area contributed by atoms with Crippen LogP contribution in [0.1, 0.15) is 41.6 Å². The molecule has 0 saturated heterocycles. The van der Waals surface area contributed by atoms with E-state index in [1.807, 2.05) is 0 Å². The predicted octanol–water partition coefficient (Wildman–Crippen LogP) is 3.84. The molecule has 1 aliphatic carbocycles. The van der Waals surface area contributed by atoms with E-state index in [1.165, 1.54) is 12.1 Å². The molecule has 1 aliphatic rings. The summed E-state index contributed by atoms with van der Waals surface area (Å²) in [4.78, 5) is 24.3. The number of hydrogen-bond acceptors (Lipinski definition) is 2. The molecule has 1 fully saturated rings. The van der Waals surface area contributed by atoms with Gasteiger partial charge >= 0.3 is 0 Å². The van der Waals surface area contributed by atoms with Crippen molar-refractivity contribution in [1.82, 2.24) is 10.6 Å². The summed E-state index contributed by atoms with van der Waals surface area (Å²) < 4.78 is 13.2. The fraction of sp³-hybridized carbons (Fsp3) is 0.333. The minimum atomic E-state index is -0.346. The van der Waals surface area contributed by atoms with Gasteiger partial charge in [-0.2, -0.15) is 0 Å². The van der Waals surface area contributed by atoms with Crippen molar-refractivity contribution in [3.8, 4) is 0 Å². The minimum Gasteiger partial charge on any atom is -0.354 e. The average Bonchev–Trinajstić information content (AvgIpc) is 3.15. The number of amides is 2. The largest absolute Gasteiger partial charge is 0.354 e. The highest BCUT2D eigenvalue weighted by Crippen LogP contribution is 2.40. The molecule has 0 bridgehead atoms. The van der Waals surface area contributed by atoms with Gasteiger partial charge in [0.05, 0.1) is 6.54 Å². The Morgan fingerprint density at radius 3 is 2.41 bits per heavy atom. The Labute approximate surface area is 163 Å². The van der Waals surface area contributed by atoms with Gasteiger partial charge in [0.25, 0.3) is 5.91 Å². The van der Waals surface area contributed by atoms with E-state index in [-0.39, 0.29) is 29.6 Å². The highest BCUT2D eigenvalue weighted by atomic mass is 35.5. The molecular formula is C21H22ClFN2O2. The van der Waals surface area contributed by atoms with Crippen LogP contribution in [-0.4, -0.2) is 24.9 Å². The zero-order valence-electron chi connectivity index (χ0n) is 14.9. The lowest BCUT2D eigenvalue weighted by Gasteiger charge is -2.30. The molecule has 0 atom stereocenters. The molecule has 0 unspecified atom stereocenters. The van der Waals surface area contributed by atoms with Crippen LogP contribution in [0.25, 0.3) is 0 Å². The van der Waals surface area contributed by atoms with Gasteiger partial charge in [0, 0.05) is 22.5 Å². The molecule has 0 spiro atoms. The van der Waals surface area contributed by atoms with Gasteiger partial charge in [-0.25, -0.2) is 4.39 Å². The molecular weight excluding hydrogens is 367 g/mol. The van der Waals surface area contributed by atoms with Crippen LogP contribution in [0.2, 0.25) is 5.02 Å². The summed E-state index contributed by atoms with van der Waals surface area (Å²) in [5.74, 6) is -0.861. The molecule has 0 radical (unpaired) electrons. The van der Waals surface area contributed by atoms with Crippen molar-refractivity contribution in [2.75, 3.05) is 13.1 Å². The Bertz CT molecular complexity index is 817. The lowest BCUT2D eigenvalue weighted by Crippen LogP contribution is -2.43. The van der Waals surface area contributed by atoms with Gasteiger partial charge in [0.15, 0.2) is 0 Å². The first-order valence-electron chi connectivity index (χ1n) is 9.05. The molecule has 2 amide bonds. The van der Waals surface area contributed by atoms with Crippen LogP contribution in [-0.2, 0) is 10.2 Å². The van der Waals surface area contributed by atoms with Crippen molar-refractivity contribution in [3.05, 3.63) is 70.5 Å². The van der Waals surface area contributed by atoms with E-state index in [2.05, 4.69) is 10.6 Å². The summed E-state index contributed by atoms with van der Waals surface area (Å²) in [6.07, 6.45) is 4.07. The van der Waals surface area contributed by atoms with Crippen molar-refractivity contribution in [1.29, 1.82) is 0 Å². The van der Waals surface area contributed by atoms with Crippen LogP contribution in [0.4, 0.5) is 4.39 Å². The van der Waals surface area contributed by atoms with Gasteiger partial charge in [0.1, 0.15) is 5.82 Å². The van der Waals surface area contributed by atoms with Crippen LogP contribution in [0.5, 0.6) is 0 Å². The first kappa shape index (κ1) is 19.4. The first-order chi connectivity index (χ1) is 13.0. The van der Waals surface area contributed by atoms with E-state index in [4.69, 9.17) is 11.6 Å².